The van der Waals surface area contributed by atoms with Gasteiger partial charge in [0.2, 0.25) is 5.91 Å². The molecule has 0 saturated heterocycles. The summed E-state index contributed by atoms with van der Waals surface area (Å²) in [7, 11) is 1.48. The molecule has 0 atom stereocenters. The molecule has 3 rings (SSSR count). The lowest BCUT2D eigenvalue weighted by Gasteiger charge is -2.11. The molecule has 0 saturated carbocycles. The van der Waals surface area contributed by atoms with E-state index in [0.717, 1.165) is 0 Å². The van der Waals surface area contributed by atoms with Gasteiger partial charge in [0.15, 0.2) is 0 Å². The number of hydrogen-bond donors (Lipinski definition) is 2. The highest BCUT2D eigenvalue weighted by Crippen LogP contribution is 2.31. The van der Waals surface area contributed by atoms with Crippen LogP contribution in [0.25, 0.3) is 10.1 Å². The normalized spacial score (nSPS) is 10.5. The van der Waals surface area contributed by atoms with Gasteiger partial charge in [0, 0.05) is 22.7 Å². The molecule has 0 bridgehead atoms. The molecule has 0 spiro atoms. The Morgan fingerprint density at radius 1 is 1.12 bits per heavy atom. The van der Waals surface area contributed by atoms with Gasteiger partial charge in [-0.1, -0.05) is 6.07 Å². The third-order valence-corrected chi connectivity index (χ3v) is 4.60. The van der Waals surface area contributed by atoms with Crippen molar-refractivity contribution in [1.82, 2.24) is 0 Å². The predicted octanol–water partition coefficient (Wildman–Crippen LogP) is 4.26. The number of hydrogen-bond acceptors (Lipinski definition) is 4. The molecule has 0 unspecified atom stereocenters. The second-order valence-corrected chi connectivity index (χ2v) is 6.40. The summed E-state index contributed by atoms with van der Waals surface area (Å²) in [4.78, 5) is 24.1. The first-order valence-electron chi connectivity index (χ1n) is 7.43. The minimum absolute atomic E-state index is 0.220. The Hall–Kier alpha value is -2.93. The zero-order valence-corrected chi connectivity index (χ0v) is 14.4. The third kappa shape index (κ3) is 3.61. The van der Waals surface area contributed by atoms with Crippen LogP contribution >= 0.6 is 11.3 Å². The van der Waals surface area contributed by atoms with Gasteiger partial charge in [-0.15, -0.1) is 11.3 Å². The molecule has 128 valence electrons. The van der Waals surface area contributed by atoms with Gasteiger partial charge in [-0.3, -0.25) is 9.59 Å². The van der Waals surface area contributed by atoms with Crippen LogP contribution in [0, 0.1) is 5.82 Å². The van der Waals surface area contributed by atoms with Crippen molar-refractivity contribution in [3.8, 4) is 5.75 Å². The Kier molecular flexibility index (Phi) is 4.67. The molecule has 5 nitrogen and oxygen atoms in total. The van der Waals surface area contributed by atoms with E-state index in [9.17, 15) is 14.0 Å². The summed E-state index contributed by atoms with van der Waals surface area (Å²) in [5.41, 5.74) is 0.947. The fraction of sp³-hybridized carbons (Fsp3) is 0.111. The maximum atomic E-state index is 13.8. The molecule has 0 radical (unpaired) electrons. The minimum atomic E-state index is -0.376. The average molecular weight is 358 g/mol. The number of halogens is 1. The number of amides is 2. The molecule has 1 aromatic heterocycles. The molecule has 0 fully saturated rings. The molecular weight excluding hydrogens is 343 g/mol. The number of rotatable bonds is 4. The van der Waals surface area contributed by atoms with Crippen LogP contribution in [-0.2, 0) is 4.79 Å². The first-order valence-corrected chi connectivity index (χ1v) is 8.24. The van der Waals surface area contributed by atoms with Crippen molar-refractivity contribution >= 4 is 44.6 Å². The van der Waals surface area contributed by atoms with Crippen molar-refractivity contribution in [2.45, 2.75) is 6.92 Å². The summed E-state index contributed by atoms with van der Waals surface area (Å²) in [6.07, 6.45) is 0. The van der Waals surface area contributed by atoms with Crippen LogP contribution in [0.4, 0.5) is 15.8 Å². The lowest BCUT2D eigenvalue weighted by atomic mass is 10.2. The first kappa shape index (κ1) is 16.9. The Labute approximate surface area is 147 Å². The molecular formula is C18H15FN2O3S. The van der Waals surface area contributed by atoms with Crippen molar-refractivity contribution in [1.29, 1.82) is 0 Å². The number of fused-ring (bicyclic) bond motifs is 1. The van der Waals surface area contributed by atoms with Gasteiger partial charge >= 0.3 is 0 Å². The van der Waals surface area contributed by atoms with Crippen LogP contribution in [0.3, 0.4) is 0 Å². The van der Waals surface area contributed by atoms with E-state index in [-0.39, 0.29) is 17.6 Å². The van der Waals surface area contributed by atoms with E-state index in [4.69, 9.17) is 4.74 Å². The van der Waals surface area contributed by atoms with Crippen molar-refractivity contribution in [3.05, 3.63) is 53.2 Å². The second kappa shape index (κ2) is 6.90. The van der Waals surface area contributed by atoms with E-state index >= 15 is 0 Å². The number of nitrogens with one attached hydrogen (secondary N) is 2. The lowest BCUT2D eigenvalue weighted by molar-refractivity contribution is -0.114. The molecule has 3 aromatic rings. The van der Waals surface area contributed by atoms with Gasteiger partial charge in [-0.25, -0.2) is 4.39 Å². The van der Waals surface area contributed by atoms with E-state index < -0.39 is 0 Å². The summed E-state index contributed by atoms with van der Waals surface area (Å²) < 4.78 is 19.7. The van der Waals surface area contributed by atoms with Crippen LogP contribution < -0.4 is 15.4 Å². The van der Waals surface area contributed by atoms with Gasteiger partial charge in [0.25, 0.3) is 5.91 Å². The lowest BCUT2D eigenvalue weighted by Crippen LogP contribution is -2.12. The molecule has 1 heterocycles. The van der Waals surface area contributed by atoms with Gasteiger partial charge in [0.1, 0.15) is 11.6 Å². The van der Waals surface area contributed by atoms with Crippen LogP contribution in [0.2, 0.25) is 0 Å². The minimum Gasteiger partial charge on any atom is -0.495 e. The van der Waals surface area contributed by atoms with Crippen molar-refractivity contribution in [2.24, 2.45) is 0 Å². The maximum absolute atomic E-state index is 13.8. The number of benzene rings is 2. The van der Waals surface area contributed by atoms with Crippen molar-refractivity contribution in [3.63, 3.8) is 0 Å². The smallest absolute Gasteiger partial charge is 0.265 e. The van der Waals surface area contributed by atoms with E-state index in [1.54, 1.807) is 30.3 Å². The number of anilines is 2. The van der Waals surface area contributed by atoms with Gasteiger partial charge in [-0.2, -0.15) is 0 Å². The fourth-order valence-corrected chi connectivity index (χ4v) is 3.38. The molecule has 0 aliphatic rings. The highest BCUT2D eigenvalue weighted by molar-refractivity contribution is 7.20. The third-order valence-electron chi connectivity index (χ3n) is 3.50. The molecule has 2 N–H and O–H groups in total. The number of carbonyl (C=O) groups excluding carboxylic acids is 2. The van der Waals surface area contributed by atoms with E-state index in [2.05, 4.69) is 10.6 Å². The summed E-state index contributed by atoms with van der Waals surface area (Å²) in [5.74, 6) is -0.505. The van der Waals surface area contributed by atoms with E-state index in [1.165, 1.54) is 37.5 Å². The molecule has 2 amide bonds. The molecule has 2 aromatic carbocycles. The SMILES string of the molecule is COc1ccc(NC(C)=O)cc1NC(=O)c1cc2c(F)cccc2s1. The Balaban J connectivity index is 1.90. The van der Waals surface area contributed by atoms with Crippen LogP contribution in [0.5, 0.6) is 5.75 Å². The second-order valence-electron chi connectivity index (χ2n) is 5.31. The predicted molar refractivity (Wildman–Crippen MR) is 97.0 cm³/mol. The Morgan fingerprint density at radius 3 is 2.60 bits per heavy atom. The molecule has 7 heteroatoms. The van der Waals surface area contributed by atoms with Crippen LogP contribution in [-0.4, -0.2) is 18.9 Å². The zero-order valence-electron chi connectivity index (χ0n) is 13.6. The van der Waals surface area contributed by atoms with Crippen LogP contribution in [0.15, 0.2) is 42.5 Å². The van der Waals surface area contributed by atoms with Crippen molar-refractivity contribution < 1.29 is 18.7 Å². The van der Waals surface area contributed by atoms with Gasteiger partial charge in [-0.05, 0) is 36.4 Å². The molecule has 25 heavy (non-hydrogen) atoms. The highest BCUT2D eigenvalue weighted by atomic mass is 32.1. The zero-order chi connectivity index (χ0) is 18.0. The summed E-state index contributed by atoms with van der Waals surface area (Å²) >= 11 is 1.20. The topological polar surface area (TPSA) is 67.4 Å². The Morgan fingerprint density at radius 2 is 1.92 bits per heavy atom. The Bertz CT molecular complexity index is 968. The number of thiophene rings is 1. The highest BCUT2D eigenvalue weighted by Gasteiger charge is 2.15. The number of methoxy groups -OCH3 is 1. The summed E-state index contributed by atoms with van der Waals surface area (Å²) in [5, 5.41) is 5.80. The number of ether oxygens (including phenoxy) is 1. The standard InChI is InChI=1S/C18H15FN2O3S/c1-10(22)20-11-6-7-15(24-2)14(8-11)21-18(23)17-9-12-13(19)4-3-5-16(12)25-17/h3-9H,1-2H3,(H,20,22)(H,21,23). The van der Waals surface area contributed by atoms with Crippen LogP contribution in [0.1, 0.15) is 16.6 Å². The van der Waals surface area contributed by atoms with Gasteiger partial charge < -0.3 is 15.4 Å². The molecule has 0 aliphatic heterocycles. The first-order chi connectivity index (χ1) is 12.0. The average Bonchev–Trinajstić information content (AvgIpc) is 3.00. The fourth-order valence-electron chi connectivity index (χ4n) is 2.41. The summed E-state index contributed by atoms with van der Waals surface area (Å²) in [6.45, 7) is 1.40. The largest absolute Gasteiger partial charge is 0.495 e. The maximum Gasteiger partial charge on any atom is 0.265 e. The summed E-state index contributed by atoms with van der Waals surface area (Å²) in [6, 6.07) is 11.2. The molecule has 0 aliphatic carbocycles. The quantitative estimate of drug-likeness (QED) is 0.732. The van der Waals surface area contributed by atoms with E-state index in [1.807, 2.05) is 0 Å². The van der Waals surface area contributed by atoms with E-state index in [0.29, 0.717) is 32.1 Å². The van der Waals surface area contributed by atoms with Gasteiger partial charge in [0.05, 0.1) is 17.7 Å². The number of carbonyl (C=O) groups is 2. The van der Waals surface area contributed by atoms with Crippen molar-refractivity contribution in [2.75, 3.05) is 17.7 Å². The monoisotopic (exact) mass is 358 g/mol.